The first-order chi connectivity index (χ1) is 32.5. The molecule has 24 heteroatoms. The average Bonchev–Trinajstić information content (AvgIpc) is 3.28. The maximum Gasteiger partial charge on any atom is 0.326 e. The first-order valence-electron chi connectivity index (χ1n) is 24.2. The molecule has 18 N–H and O–H groups in total. The molecule has 0 saturated carbocycles. The molecule has 0 fully saturated rings. The lowest BCUT2D eigenvalue weighted by Crippen LogP contribution is -2.60. The number of rotatable bonds is 37. The minimum Gasteiger partial charge on any atom is -0.480 e. The number of hydrogen-bond donors (Lipinski definition) is 15. The van der Waals surface area contributed by atoms with Crippen molar-refractivity contribution in [2.75, 3.05) is 31.9 Å². The summed E-state index contributed by atoms with van der Waals surface area (Å²) in [5, 5.41) is 40.6. The molecule has 8 amide bonds. The SMILES string of the molecule is CC[C@H](C)[C@H](N)C(=O)N[C@@H](CC(C)C)C(=O)N[C@H](C(=O)NCC(=O)N[C@@H](CCCCN)C(=O)N[C@@H](CC(C)C)C(=O)N[C@@H](CCCCN)C(=O)N[C@@H](CS)C(=O)N[C@@H](CCCCN)C(=O)O)[C@@H](C)O. The lowest BCUT2D eigenvalue weighted by atomic mass is 9.97. The number of nitrogens with two attached hydrogens (primary N) is 4. The molecule has 0 aliphatic rings. The Morgan fingerprint density at radius 1 is 0.507 bits per heavy atom. The third kappa shape index (κ3) is 26.2. The maximum atomic E-state index is 14.0. The Kier molecular flexibility index (Phi) is 33.1. The van der Waals surface area contributed by atoms with Gasteiger partial charge in [-0.15, -0.1) is 0 Å². The van der Waals surface area contributed by atoms with Gasteiger partial charge in [-0.1, -0.05) is 48.0 Å². The number of carboxylic acids is 1. The van der Waals surface area contributed by atoms with E-state index >= 15 is 0 Å². The van der Waals surface area contributed by atoms with E-state index in [2.05, 4.69) is 55.2 Å². The van der Waals surface area contributed by atoms with Gasteiger partial charge in [0.25, 0.3) is 0 Å². The first kappa shape index (κ1) is 64.4. The highest BCUT2D eigenvalue weighted by Crippen LogP contribution is 2.12. The molecule has 23 nitrogen and oxygen atoms in total. The molecule has 0 aliphatic heterocycles. The Labute approximate surface area is 413 Å². The molecule has 0 radical (unpaired) electrons. The van der Waals surface area contributed by atoms with Gasteiger partial charge in [0.1, 0.15) is 42.3 Å². The summed E-state index contributed by atoms with van der Waals surface area (Å²) in [6.45, 7) is 12.5. The second-order valence-corrected chi connectivity index (χ2v) is 18.8. The molecule has 0 aromatic carbocycles. The number of hydrogen-bond acceptors (Lipinski definition) is 15. The molecular weight excluding hydrogens is 917 g/mol. The highest BCUT2D eigenvalue weighted by atomic mass is 32.1. The van der Waals surface area contributed by atoms with Crippen molar-refractivity contribution < 1.29 is 53.4 Å². The first-order valence-corrected chi connectivity index (χ1v) is 24.9. The van der Waals surface area contributed by atoms with Gasteiger partial charge < -0.3 is 75.7 Å². The van der Waals surface area contributed by atoms with Gasteiger partial charge in [0.15, 0.2) is 0 Å². The van der Waals surface area contributed by atoms with Crippen molar-refractivity contribution in [1.29, 1.82) is 0 Å². The molecule has 0 saturated heterocycles. The van der Waals surface area contributed by atoms with E-state index in [1.807, 2.05) is 34.6 Å². The quantitative estimate of drug-likeness (QED) is 0.0231. The van der Waals surface area contributed by atoms with Crippen LogP contribution < -0.4 is 65.5 Å². The lowest BCUT2D eigenvalue weighted by molar-refractivity contribution is -0.142. The van der Waals surface area contributed by atoms with Crippen LogP contribution in [0.4, 0.5) is 0 Å². The van der Waals surface area contributed by atoms with E-state index in [0.29, 0.717) is 58.0 Å². The minimum atomic E-state index is -1.54. The number of aliphatic hydroxyl groups is 1. The Bertz CT molecular complexity index is 1630. The van der Waals surface area contributed by atoms with Gasteiger partial charge in [-0.25, -0.2) is 4.79 Å². The average molecular weight is 1000 g/mol. The van der Waals surface area contributed by atoms with Gasteiger partial charge in [-0.3, -0.25) is 38.4 Å². The van der Waals surface area contributed by atoms with Crippen molar-refractivity contribution in [3.8, 4) is 0 Å². The molecule has 0 bridgehead atoms. The molecule has 398 valence electrons. The monoisotopic (exact) mass is 1000 g/mol. The molecule has 0 rings (SSSR count). The zero-order valence-electron chi connectivity index (χ0n) is 41.8. The molecule has 0 aromatic heterocycles. The van der Waals surface area contributed by atoms with Crippen molar-refractivity contribution in [3.05, 3.63) is 0 Å². The summed E-state index contributed by atoms with van der Waals surface area (Å²) in [5.74, 6) is -7.89. The molecular formula is C45H86N12O11S. The highest BCUT2D eigenvalue weighted by molar-refractivity contribution is 7.80. The zero-order valence-corrected chi connectivity index (χ0v) is 42.7. The predicted octanol–water partition coefficient (Wildman–Crippen LogP) is -2.26. The fourth-order valence-electron chi connectivity index (χ4n) is 6.92. The summed E-state index contributed by atoms with van der Waals surface area (Å²) in [6.07, 6.45) is 2.56. The fourth-order valence-corrected chi connectivity index (χ4v) is 7.18. The zero-order chi connectivity index (χ0) is 52.8. The third-order valence-electron chi connectivity index (χ3n) is 11.3. The summed E-state index contributed by atoms with van der Waals surface area (Å²) in [5.41, 5.74) is 23.0. The maximum absolute atomic E-state index is 14.0. The van der Waals surface area contributed by atoms with E-state index in [-0.39, 0.29) is 62.2 Å². The smallest absolute Gasteiger partial charge is 0.326 e. The van der Waals surface area contributed by atoms with E-state index in [9.17, 15) is 53.4 Å². The summed E-state index contributed by atoms with van der Waals surface area (Å²) in [7, 11) is 0. The number of nitrogens with one attached hydrogen (secondary N) is 8. The van der Waals surface area contributed by atoms with E-state index in [1.54, 1.807) is 6.92 Å². The normalized spacial score (nSPS) is 15.7. The van der Waals surface area contributed by atoms with Crippen LogP contribution in [0.15, 0.2) is 0 Å². The Hall–Kier alpha value is -4.62. The van der Waals surface area contributed by atoms with E-state index < -0.39 is 114 Å². The summed E-state index contributed by atoms with van der Waals surface area (Å²) in [4.78, 5) is 119. The van der Waals surface area contributed by atoms with Crippen LogP contribution in [0, 0.1) is 17.8 Å². The molecule has 69 heavy (non-hydrogen) atoms. The van der Waals surface area contributed by atoms with Crippen LogP contribution in [-0.2, 0) is 43.2 Å². The van der Waals surface area contributed by atoms with Crippen LogP contribution in [-0.4, -0.2) is 150 Å². The van der Waals surface area contributed by atoms with Crippen LogP contribution >= 0.6 is 12.6 Å². The lowest BCUT2D eigenvalue weighted by Gasteiger charge is -2.28. The van der Waals surface area contributed by atoms with Gasteiger partial charge in [0.05, 0.1) is 18.7 Å². The van der Waals surface area contributed by atoms with Gasteiger partial charge >= 0.3 is 5.97 Å². The number of aliphatic hydroxyl groups excluding tert-OH is 1. The van der Waals surface area contributed by atoms with E-state index in [1.165, 1.54) is 6.92 Å². The van der Waals surface area contributed by atoms with Gasteiger partial charge in [0.2, 0.25) is 47.3 Å². The summed E-state index contributed by atoms with van der Waals surface area (Å²) in [6, 6.07) is -9.65. The molecule has 0 spiro atoms. The topological polar surface area (TPSA) is 394 Å². The summed E-state index contributed by atoms with van der Waals surface area (Å²) < 4.78 is 0. The molecule has 0 aromatic rings. The van der Waals surface area contributed by atoms with Crippen LogP contribution in [0.1, 0.15) is 126 Å². The number of carbonyl (C=O) groups excluding carboxylic acids is 8. The van der Waals surface area contributed by atoms with Crippen LogP contribution in [0.3, 0.4) is 0 Å². The molecule has 0 aliphatic carbocycles. The minimum absolute atomic E-state index is 0.0551. The Morgan fingerprint density at radius 2 is 0.884 bits per heavy atom. The number of carboxylic acid groups (broad SMARTS) is 1. The number of unbranched alkanes of at least 4 members (excludes halogenated alkanes) is 3. The van der Waals surface area contributed by atoms with Crippen LogP contribution in [0.2, 0.25) is 0 Å². The van der Waals surface area contributed by atoms with Crippen LogP contribution in [0.5, 0.6) is 0 Å². The van der Waals surface area contributed by atoms with Crippen molar-refractivity contribution in [3.63, 3.8) is 0 Å². The van der Waals surface area contributed by atoms with Crippen molar-refractivity contribution in [2.24, 2.45) is 40.7 Å². The molecule has 10 atom stereocenters. The standard InChI is InChI=1S/C45H86N12O11S/c1-8-27(6)36(49)43(65)55-33(22-26(4)5)41(63)57-37(28(7)58)44(66)50-23-35(59)51-29(15-9-12-18-46)38(60)54-32(21-25(2)3)40(62)52-30(16-10-13-19-47)39(61)56-34(24-69)42(64)53-31(45(67)68)17-11-14-20-48/h25-34,36-37,58,69H,8-24,46-49H2,1-7H3,(H,50,66)(H,51,59)(H,52,62)(H,53,64)(H,54,60)(H,55,65)(H,56,61)(H,57,63)(H,67,68)/t27-,28+,29-,30-,31-,32-,33-,34-,36-,37-/m0/s1. The highest BCUT2D eigenvalue weighted by Gasteiger charge is 2.34. The van der Waals surface area contributed by atoms with E-state index in [0.717, 1.165) is 0 Å². The second kappa shape index (κ2) is 35.5. The van der Waals surface area contributed by atoms with Crippen molar-refractivity contribution in [1.82, 2.24) is 42.5 Å². The molecule has 0 unspecified atom stereocenters. The number of amides is 8. The van der Waals surface area contributed by atoms with Crippen molar-refractivity contribution in [2.45, 2.75) is 180 Å². The fraction of sp³-hybridized carbons (Fsp3) is 0.800. The van der Waals surface area contributed by atoms with Gasteiger partial charge in [0, 0.05) is 5.75 Å². The Morgan fingerprint density at radius 3 is 1.30 bits per heavy atom. The van der Waals surface area contributed by atoms with Gasteiger partial charge in [-0.05, 0) is 115 Å². The van der Waals surface area contributed by atoms with E-state index in [4.69, 9.17) is 22.9 Å². The van der Waals surface area contributed by atoms with Gasteiger partial charge in [-0.2, -0.15) is 12.6 Å². The largest absolute Gasteiger partial charge is 0.480 e. The second-order valence-electron chi connectivity index (χ2n) is 18.4. The predicted molar refractivity (Wildman–Crippen MR) is 265 cm³/mol. The third-order valence-corrected chi connectivity index (χ3v) is 11.6. The number of aliphatic carboxylic acids is 1. The number of thiol groups is 1. The number of carbonyl (C=O) groups is 9. The van der Waals surface area contributed by atoms with Crippen molar-refractivity contribution >= 4 is 65.9 Å². The molecule has 0 heterocycles. The summed E-state index contributed by atoms with van der Waals surface area (Å²) >= 11 is 4.19. The van der Waals surface area contributed by atoms with Crippen LogP contribution in [0.25, 0.3) is 0 Å². The Balaban J connectivity index is 6.18.